The highest BCUT2D eigenvalue weighted by Gasteiger charge is 2.26. The predicted molar refractivity (Wildman–Crippen MR) is 69.6 cm³/mol. The van der Waals surface area contributed by atoms with Gasteiger partial charge in [0.2, 0.25) is 0 Å². The minimum atomic E-state index is 0.273. The zero-order chi connectivity index (χ0) is 12.7. The summed E-state index contributed by atoms with van der Waals surface area (Å²) in [5, 5.41) is 4.60. The van der Waals surface area contributed by atoms with Crippen LogP contribution in [0.2, 0.25) is 0 Å². The fourth-order valence-corrected chi connectivity index (χ4v) is 2.19. The minimum Gasteiger partial charge on any atom is -0.383 e. The molecule has 0 radical (unpaired) electrons. The Morgan fingerprint density at radius 1 is 1.33 bits per heavy atom. The van der Waals surface area contributed by atoms with Crippen LogP contribution in [0.25, 0.3) is 5.82 Å². The Hall–Kier alpha value is -1.91. The van der Waals surface area contributed by atoms with Gasteiger partial charge in [-0.15, -0.1) is 0 Å². The van der Waals surface area contributed by atoms with Crippen molar-refractivity contribution in [1.82, 2.24) is 19.7 Å². The van der Waals surface area contributed by atoms with Crippen molar-refractivity contribution in [2.75, 3.05) is 5.73 Å². The Morgan fingerprint density at radius 2 is 2.11 bits per heavy atom. The molecule has 0 bridgehead atoms. The molecule has 0 aliphatic heterocycles. The van der Waals surface area contributed by atoms with Crippen molar-refractivity contribution in [3.8, 4) is 5.82 Å². The maximum absolute atomic E-state index is 5.95. The zero-order valence-electron chi connectivity index (χ0n) is 10.7. The molecule has 1 aliphatic rings. The van der Waals surface area contributed by atoms with E-state index in [9.17, 15) is 0 Å². The molecule has 18 heavy (non-hydrogen) atoms. The first-order valence-corrected chi connectivity index (χ1v) is 6.33. The summed E-state index contributed by atoms with van der Waals surface area (Å²) in [6.45, 7) is 4.17. The lowest BCUT2D eigenvalue weighted by atomic mass is 10.1. The van der Waals surface area contributed by atoms with Crippen LogP contribution >= 0.6 is 0 Å². The highest BCUT2D eigenvalue weighted by atomic mass is 15.3. The van der Waals surface area contributed by atoms with Gasteiger partial charge in [0.1, 0.15) is 12.1 Å². The minimum absolute atomic E-state index is 0.273. The van der Waals surface area contributed by atoms with Crippen LogP contribution in [-0.2, 0) is 0 Å². The molecule has 1 saturated carbocycles. The number of rotatable bonds is 3. The second-order valence-electron chi connectivity index (χ2n) is 5.11. The lowest BCUT2D eigenvalue weighted by molar-refractivity contribution is 0.762. The molecule has 1 aliphatic carbocycles. The van der Waals surface area contributed by atoms with Crippen LogP contribution in [-0.4, -0.2) is 19.7 Å². The molecule has 2 N–H and O–H groups in total. The first-order valence-electron chi connectivity index (χ1n) is 6.33. The zero-order valence-corrected chi connectivity index (χ0v) is 10.7. The molecule has 0 amide bonds. The van der Waals surface area contributed by atoms with E-state index in [0.717, 1.165) is 17.1 Å². The van der Waals surface area contributed by atoms with E-state index in [1.54, 1.807) is 0 Å². The quantitative estimate of drug-likeness (QED) is 0.897. The Kier molecular flexibility index (Phi) is 2.54. The molecule has 2 aromatic heterocycles. The number of nitrogen functional groups attached to an aromatic ring is 1. The van der Waals surface area contributed by atoms with Crippen LogP contribution in [0.15, 0.2) is 18.6 Å². The SMILES string of the molecule is CC(C)c1c(N)ncnc1-n1ccc(C2CC2)n1. The van der Waals surface area contributed by atoms with E-state index in [2.05, 4.69) is 35.0 Å². The largest absolute Gasteiger partial charge is 0.383 e. The molecule has 0 unspecified atom stereocenters. The van der Waals surface area contributed by atoms with Crippen LogP contribution in [0.5, 0.6) is 0 Å². The van der Waals surface area contributed by atoms with E-state index in [4.69, 9.17) is 5.73 Å². The summed E-state index contributed by atoms with van der Waals surface area (Å²) in [4.78, 5) is 8.40. The normalized spacial score (nSPS) is 15.3. The fourth-order valence-electron chi connectivity index (χ4n) is 2.19. The summed E-state index contributed by atoms with van der Waals surface area (Å²) < 4.78 is 1.82. The van der Waals surface area contributed by atoms with Gasteiger partial charge in [-0.2, -0.15) is 5.10 Å². The molecule has 94 valence electrons. The molecule has 3 rings (SSSR count). The monoisotopic (exact) mass is 243 g/mol. The molecule has 2 heterocycles. The van der Waals surface area contributed by atoms with E-state index >= 15 is 0 Å². The maximum Gasteiger partial charge on any atom is 0.162 e. The van der Waals surface area contributed by atoms with E-state index in [1.165, 1.54) is 19.2 Å². The van der Waals surface area contributed by atoms with E-state index in [1.807, 2.05) is 10.9 Å². The topological polar surface area (TPSA) is 69.6 Å². The molecular weight excluding hydrogens is 226 g/mol. The molecule has 2 aromatic rings. The van der Waals surface area contributed by atoms with Gasteiger partial charge in [0.25, 0.3) is 0 Å². The summed E-state index contributed by atoms with van der Waals surface area (Å²) in [6, 6.07) is 2.07. The Bertz CT molecular complexity index is 569. The van der Waals surface area contributed by atoms with Crippen molar-refractivity contribution in [2.45, 2.75) is 38.5 Å². The maximum atomic E-state index is 5.95. The van der Waals surface area contributed by atoms with Crippen LogP contribution < -0.4 is 5.73 Å². The summed E-state index contributed by atoms with van der Waals surface area (Å²) in [6.07, 6.45) is 5.95. The summed E-state index contributed by atoms with van der Waals surface area (Å²) in [5.74, 6) is 2.26. The van der Waals surface area contributed by atoms with Gasteiger partial charge in [-0.1, -0.05) is 13.8 Å². The Balaban J connectivity index is 2.06. The van der Waals surface area contributed by atoms with Crippen molar-refractivity contribution in [3.63, 3.8) is 0 Å². The van der Waals surface area contributed by atoms with Gasteiger partial charge in [-0.05, 0) is 24.8 Å². The number of anilines is 1. The molecule has 0 spiro atoms. The summed E-state index contributed by atoms with van der Waals surface area (Å²) in [5.41, 5.74) is 8.06. The van der Waals surface area contributed by atoms with Crippen molar-refractivity contribution < 1.29 is 0 Å². The van der Waals surface area contributed by atoms with Gasteiger partial charge < -0.3 is 5.73 Å². The van der Waals surface area contributed by atoms with E-state index < -0.39 is 0 Å². The average Bonchev–Trinajstić information content (AvgIpc) is 3.06. The molecule has 1 fully saturated rings. The number of nitrogens with zero attached hydrogens (tertiary/aromatic N) is 4. The van der Waals surface area contributed by atoms with E-state index in [-0.39, 0.29) is 5.92 Å². The van der Waals surface area contributed by atoms with Crippen LogP contribution in [0, 0.1) is 0 Å². The Labute approximate surface area is 106 Å². The van der Waals surface area contributed by atoms with Gasteiger partial charge in [-0.3, -0.25) is 0 Å². The van der Waals surface area contributed by atoms with Gasteiger partial charge in [0, 0.05) is 17.7 Å². The molecule has 5 nitrogen and oxygen atoms in total. The molecule has 5 heteroatoms. The van der Waals surface area contributed by atoms with Crippen molar-refractivity contribution in [2.24, 2.45) is 0 Å². The lowest BCUT2D eigenvalue weighted by Crippen LogP contribution is -2.09. The smallest absolute Gasteiger partial charge is 0.162 e. The highest BCUT2D eigenvalue weighted by molar-refractivity contribution is 5.50. The third kappa shape index (κ3) is 1.85. The number of aromatic nitrogens is 4. The average molecular weight is 243 g/mol. The third-order valence-corrected chi connectivity index (χ3v) is 3.29. The van der Waals surface area contributed by atoms with Crippen molar-refractivity contribution in [3.05, 3.63) is 29.8 Å². The second kappa shape index (κ2) is 4.08. The number of hydrogen-bond acceptors (Lipinski definition) is 4. The first-order chi connectivity index (χ1) is 8.66. The fraction of sp³-hybridized carbons (Fsp3) is 0.462. The predicted octanol–water partition coefficient (Wildman–Crippen LogP) is 2.25. The summed E-state index contributed by atoms with van der Waals surface area (Å²) >= 11 is 0. The summed E-state index contributed by atoms with van der Waals surface area (Å²) in [7, 11) is 0. The van der Waals surface area contributed by atoms with Crippen molar-refractivity contribution in [1.29, 1.82) is 0 Å². The van der Waals surface area contributed by atoms with Gasteiger partial charge in [0.15, 0.2) is 5.82 Å². The lowest BCUT2D eigenvalue weighted by Gasteiger charge is -2.12. The second-order valence-corrected chi connectivity index (χ2v) is 5.11. The molecular formula is C13H17N5. The first kappa shape index (κ1) is 11.2. The number of nitrogens with two attached hydrogens (primary N) is 1. The van der Waals surface area contributed by atoms with Crippen LogP contribution in [0.3, 0.4) is 0 Å². The van der Waals surface area contributed by atoms with Crippen molar-refractivity contribution >= 4 is 5.82 Å². The Morgan fingerprint density at radius 3 is 2.78 bits per heavy atom. The van der Waals surface area contributed by atoms with Crippen LogP contribution in [0.1, 0.15) is 49.8 Å². The highest BCUT2D eigenvalue weighted by Crippen LogP contribution is 2.39. The molecule has 0 atom stereocenters. The standard InChI is InChI=1S/C13H17N5/c1-8(2)11-12(14)15-7-16-13(11)18-6-5-10(17-18)9-3-4-9/h5-9H,3-4H2,1-2H3,(H2,14,15,16). The van der Waals surface area contributed by atoms with Gasteiger partial charge >= 0.3 is 0 Å². The van der Waals surface area contributed by atoms with Gasteiger partial charge in [-0.25, -0.2) is 14.6 Å². The van der Waals surface area contributed by atoms with Crippen LogP contribution in [0.4, 0.5) is 5.82 Å². The third-order valence-electron chi connectivity index (χ3n) is 3.29. The molecule has 0 saturated heterocycles. The number of hydrogen-bond donors (Lipinski definition) is 1. The van der Waals surface area contributed by atoms with E-state index in [0.29, 0.717) is 11.7 Å². The van der Waals surface area contributed by atoms with Gasteiger partial charge in [0.05, 0.1) is 5.69 Å². The molecule has 0 aromatic carbocycles.